The Morgan fingerprint density at radius 3 is 2.50 bits per heavy atom. The Morgan fingerprint density at radius 1 is 1.40 bits per heavy atom. The maximum Gasteiger partial charge on any atom is -0.0311 e. The van der Waals surface area contributed by atoms with E-state index < -0.39 is 0 Å². The summed E-state index contributed by atoms with van der Waals surface area (Å²) in [4.78, 5) is 0. The lowest BCUT2D eigenvalue weighted by molar-refractivity contribution is 1.10. The lowest BCUT2D eigenvalue weighted by atomic mass is 10.1. The van der Waals surface area contributed by atoms with Crippen LogP contribution in [0.5, 0.6) is 0 Å². The summed E-state index contributed by atoms with van der Waals surface area (Å²) in [6.45, 7) is 7.92. The first-order chi connectivity index (χ1) is 4.85. The monoisotopic (exact) mass is 136 g/mol. The number of hydrogen-bond acceptors (Lipinski definition) is 0. The summed E-state index contributed by atoms with van der Waals surface area (Å²) in [7, 11) is 0. The highest BCUT2D eigenvalue weighted by Crippen LogP contribution is 2.03. The van der Waals surface area contributed by atoms with Gasteiger partial charge in [0.2, 0.25) is 0 Å². The zero-order valence-corrected chi connectivity index (χ0v) is 6.93. The van der Waals surface area contributed by atoms with Crippen molar-refractivity contribution in [1.82, 2.24) is 0 Å². The van der Waals surface area contributed by atoms with Crippen molar-refractivity contribution in [3.63, 3.8) is 0 Å². The van der Waals surface area contributed by atoms with E-state index in [-0.39, 0.29) is 0 Å². The zero-order valence-electron chi connectivity index (χ0n) is 6.93. The van der Waals surface area contributed by atoms with Crippen LogP contribution in [0.2, 0.25) is 0 Å². The topological polar surface area (TPSA) is 0 Å². The van der Waals surface area contributed by atoms with Crippen molar-refractivity contribution in [2.75, 3.05) is 0 Å². The molecule has 0 saturated carbocycles. The van der Waals surface area contributed by atoms with Crippen LogP contribution in [0.1, 0.15) is 26.7 Å². The summed E-state index contributed by atoms with van der Waals surface area (Å²) in [6.07, 6.45) is 10.4. The van der Waals surface area contributed by atoms with Gasteiger partial charge in [-0.15, -0.1) is 0 Å². The Labute approximate surface area is 64.0 Å². The molecule has 0 unspecified atom stereocenters. The fourth-order valence-corrected chi connectivity index (χ4v) is 0.784. The molecule has 0 atom stereocenters. The smallest absolute Gasteiger partial charge is 0.0311 e. The lowest BCUT2D eigenvalue weighted by Gasteiger charge is -1.92. The van der Waals surface area contributed by atoms with Crippen LogP contribution in [-0.2, 0) is 0 Å². The molecule has 10 heavy (non-hydrogen) atoms. The third kappa shape index (κ3) is 4.13. The average molecular weight is 136 g/mol. The average Bonchev–Trinajstić information content (AvgIpc) is 1.98. The first-order valence-corrected chi connectivity index (χ1v) is 3.83. The summed E-state index contributed by atoms with van der Waals surface area (Å²) in [5.74, 6) is 0. The molecule has 0 aromatic heterocycles. The Bertz CT molecular complexity index is 135. The lowest BCUT2D eigenvalue weighted by Crippen LogP contribution is -1.72. The van der Waals surface area contributed by atoms with Crippen molar-refractivity contribution in [2.45, 2.75) is 26.7 Å². The van der Waals surface area contributed by atoms with Crippen LogP contribution in [0, 0.1) is 0 Å². The standard InChI is InChI=1S/C10H16/c1-4-7-9-10(6-3)8-5-2/h4,7-9H,1,5-6H2,2-3H3/b9-7+,10-8+. The third-order valence-corrected chi connectivity index (χ3v) is 1.32. The molecular formula is C10H16. The van der Waals surface area contributed by atoms with E-state index in [9.17, 15) is 0 Å². The molecule has 0 amide bonds. The third-order valence-electron chi connectivity index (χ3n) is 1.32. The second-order valence-corrected chi connectivity index (χ2v) is 2.14. The van der Waals surface area contributed by atoms with E-state index in [4.69, 9.17) is 0 Å². The van der Waals surface area contributed by atoms with Crippen molar-refractivity contribution >= 4 is 0 Å². The maximum absolute atomic E-state index is 3.61. The molecule has 0 N–H and O–H groups in total. The highest BCUT2D eigenvalue weighted by Gasteiger charge is 1.82. The van der Waals surface area contributed by atoms with Gasteiger partial charge in [0.25, 0.3) is 0 Å². The number of rotatable bonds is 4. The summed E-state index contributed by atoms with van der Waals surface area (Å²) >= 11 is 0. The van der Waals surface area contributed by atoms with E-state index in [1.165, 1.54) is 5.57 Å². The molecule has 0 aliphatic rings. The normalized spacial score (nSPS) is 12.4. The van der Waals surface area contributed by atoms with Crippen molar-refractivity contribution in [3.05, 3.63) is 36.5 Å². The Balaban J connectivity index is 3.94. The summed E-state index contributed by atoms with van der Waals surface area (Å²) in [6, 6.07) is 0. The van der Waals surface area contributed by atoms with Gasteiger partial charge in [-0.1, -0.05) is 50.3 Å². The fraction of sp³-hybridized carbons (Fsp3) is 0.400. The van der Waals surface area contributed by atoms with Gasteiger partial charge in [0, 0.05) is 0 Å². The molecule has 0 aromatic rings. The predicted octanol–water partition coefficient (Wildman–Crippen LogP) is 3.48. The minimum atomic E-state index is 1.11. The highest BCUT2D eigenvalue weighted by molar-refractivity contribution is 5.20. The van der Waals surface area contributed by atoms with Gasteiger partial charge in [-0.2, -0.15) is 0 Å². The Morgan fingerprint density at radius 2 is 2.10 bits per heavy atom. The second-order valence-electron chi connectivity index (χ2n) is 2.14. The van der Waals surface area contributed by atoms with Crippen molar-refractivity contribution in [2.24, 2.45) is 0 Å². The van der Waals surface area contributed by atoms with Gasteiger partial charge in [0.15, 0.2) is 0 Å². The summed E-state index contributed by atoms with van der Waals surface area (Å²) < 4.78 is 0. The molecule has 0 saturated heterocycles. The van der Waals surface area contributed by atoms with Gasteiger partial charge in [-0.05, 0) is 12.8 Å². The van der Waals surface area contributed by atoms with Crippen molar-refractivity contribution in [1.29, 1.82) is 0 Å². The minimum absolute atomic E-state index is 1.11. The van der Waals surface area contributed by atoms with Crippen LogP contribution >= 0.6 is 0 Å². The summed E-state index contributed by atoms with van der Waals surface area (Å²) in [5.41, 5.74) is 1.39. The van der Waals surface area contributed by atoms with Crippen LogP contribution in [0.4, 0.5) is 0 Å². The van der Waals surface area contributed by atoms with E-state index in [1.54, 1.807) is 6.08 Å². The van der Waals surface area contributed by atoms with Crippen molar-refractivity contribution in [3.8, 4) is 0 Å². The van der Waals surface area contributed by atoms with E-state index >= 15 is 0 Å². The molecule has 0 bridgehead atoms. The molecule has 0 nitrogen and oxygen atoms in total. The molecule has 0 heteroatoms. The number of hydrogen-bond donors (Lipinski definition) is 0. The molecule has 0 aliphatic heterocycles. The molecule has 0 radical (unpaired) electrons. The molecule has 0 heterocycles. The van der Waals surface area contributed by atoms with Gasteiger partial charge in [-0.3, -0.25) is 0 Å². The molecule has 0 fully saturated rings. The quantitative estimate of drug-likeness (QED) is 0.519. The molecular weight excluding hydrogens is 120 g/mol. The largest absolute Gasteiger partial charge is 0.0991 e. The van der Waals surface area contributed by atoms with Gasteiger partial charge < -0.3 is 0 Å². The van der Waals surface area contributed by atoms with E-state index in [0.717, 1.165) is 12.8 Å². The van der Waals surface area contributed by atoms with Gasteiger partial charge in [0.1, 0.15) is 0 Å². The molecule has 56 valence electrons. The second kappa shape index (κ2) is 6.34. The van der Waals surface area contributed by atoms with E-state index in [1.807, 2.05) is 6.08 Å². The fourth-order valence-electron chi connectivity index (χ4n) is 0.784. The minimum Gasteiger partial charge on any atom is -0.0991 e. The molecule has 0 aliphatic carbocycles. The summed E-state index contributed by atoms with van der Waals surface area (Å²) in [5, 5.41) is 0. The van der Waals surface area contributed by atoms with E-state index in [0.29, 0.717) is 0 Å². The first kappa shape index (κ1) is 9.22. The van der Waals surface area contributed by atoms with Crippen LogP contribution in [0.25, 0.3) is 0 Å². The van der Waals surface area contributed by atoms with Gasteiger partial charge in [0.05, 0.1) is 0 Å². The maximum atomic E-state index is 3.61. The van der Waals surface area contributed by atoms with Crippen LogP contribution < -0.4 is 0 Å². The number of allylic oxidation sites excluding steroid dienone is 5. The van der Waals surface area contributed by atoms with Gasteiger partial charge in [-0.25, -0.2) is 0 Å². The van der Waals surface area contributed by atoms with Crippen LogP contribution in [0.15, 0.2) is 36.5 Å². The molecule has 0 rings (SSSR count). The van der Waals surface area contributed by atoms with E-state index in [2.05, 4.69) is 32.6 Å². The first-order valence-electron chi connectivity index (χ1n) is 3.83. The molecule has 0 aromatic carbocycles. The SMILES string of the molecule is C=C/C=C/C(=C/CC)CC. The Kier molecular flexibility index (Phi) is 5.85. The van der Waals surface area contributed by atoms with Gasteiger partial charge >= 0.3 is 0 Å². The van der Waals surface area contributed by atoms with Crippen LogP contribution in [0.3, 0.4) is 0 Å². The zero-order chi connectivity index (χ0) is 7.82. The highest BCUT2D eigenvalue weighted by atomic mass is 13.9. The van der Waals surface area contributed by atoms with Crippen molar-refractivity contribution < 1.29 is 0 Å². The molecule has 0 spiro atoms. The van der Waals surface area contributed by atoms with Crippen LogP contribution in [-0.4, -0.2) is 0 Å². The Hall–Kier alpha value is -0.780. The predicted molar refractivity (Wildman–Crippen MR) is 48.0 cm³/mol.